The van der Waals surface area contributed by atoms with Crippen molar-refractivity contribution in [3.05, 3.63) is 70.8 Å². The molecule has 0 radical (unpaired) electrons. The minimum Gasteiger partial charge on any atom is -0.497 e. The topological polar surface area (TPSA) is 96.5 Å². The Kier molecular flexibility index (Phi) is 7.59. The molecule has 0 heterocycles. The number of methoxy groups -OCH3 is 1. The van der Waals surface area contributed by atoms with Crippen molar-refractivity contribution in [2.75, 3.05) is 7.11 Å². The van der Waals surface area contributed by atoms with Gasteiger partial charge >= 0.3 is 0 Å². The molecule has 2 aromatic rings. The molecule has 0 aliphatic rings. The Hall–Kier alpha value is -3.32. The predicted octanol–water partition coefficient (Wildman–Crippen LogP) is 2.33. The maximum absolute atomic E-state index is 12.0. The van der Waals surface area contributed by atoms with Gasteiger partial charge in [-0.1, -0.05) is 23.7 Å². The molecule has 8 heteroatoms. The van der Waals surface area contributed by atoms with Gasteiger partial charge < -0.3 is 10.1 Å². The van der Waals surface area contributed by atoms with Gasteiger partial charge in [-0.05, 0) is 55.0 Å². The molecular weight excluding hydrogens is 382 g/mol. The first-order valence-electron chi connectivity index (χ1n) is 8.37. The summed E-state index contributed by atoms with van der Waals surface area (Å²) in [6.45, 7) is 1.50. The van der Waals surface area contributed by atoms with Crippen LogP contribution in [-0.2, 0) is 9.59 Å². The van der Waals surface area contributed by atoms with Crippen molar-refractivity contribution < 1.29 is 19.1 Å². The number of amides is 3. The van der Waals surface area contributed by atoms with Gasteiger partial charge in [-0.15, -0.1) is 0 Å². The standard InChI is InChI=1S/C20H20ClN3O4/c1-13(19(26)23-24-20(27)15-6-8-16(21)9-7-15)22-18(25)12-5-14-3-10-17(28-2)11-4-14/h3-13H,1-2H3,(H,22,25)(H,23,26)(H,24,27)/b12-5+. The highest BCUT2D eigenvalue weighted by atomic mass is 35.5. The third kappa shape index (κ3) is 6.44. The predicted molar refractivity (Wildman–Crippen MR) is 107 cm³/mol. The van der Waals surface area contributed by atoms with Crippen LogP contribution in [0.15, 0.2) is 54.6 Å². The first kappa shape index (κ1) is 21.0. The minimum absolute atomic E-state index is 0.337. The van der Waals surface area contributed by atoms with Gasteiger partial charge in [0.15, 0.2) is 0 Å². The Morgan fingerprint density at radius 3 is 2.25 bits per heavy atom. The van der Waals surface area contributed by atoms with Crippen LogP contribution in [0.25, 0.3) is 6.08 Å². The summed E-state index contributed by atoms with van der Waals surface area (Å²) in [5.74, 6) is -0.786. The van der Waals surface area contributed by atoms with Crippen LogP contribution in [-0.4, -0.2) is 30.9 Å². The van der Waals surface area contributed by atoms with Crippen LogP contribution in [0.1, 0.15) is 22.8 Å². The lowest BCUT2D eigenvalue weighted by Gasteiger charge is -2.13. The molecule has 1 unspecified atom stereocenters. The van der Waals surface area contributed by atoms with E-state index in [0.29, 0.717) is 16.3 Å². The molecule has 3 amide bonds. The first-order chi connectivity index (χ1) is 13.4. The fourth-order valence-corrected chi connectivity index (χ4v) is 2.24. The fraction of sp³-hybridized carbons (Fsp3) is 0.150. The molecule has 7 nitrogen and oxygen atoms in total. The van der Waals surface area contributed by atoms with E-state index in [-0.39, 0.29) is 0 Å². The Morgan fingerprint density at radius 2 is 1.64 bits per heavy atom. The summed E-state index contributed by atoms with van der Waals surface area (Å²) in [5.41, 5.74) is 5.69. The van der Waals surface area contributed by atoms with Gasteiger partial charge in [0.05, 0.1) is 7.11 Å². The van der Waals surface area contributed by atoms with E-state index in [0.717, 1.165) is 5.56 Å². The van der Waals surface area contributed by atoms with Gasteiger partial charge in [0, 0.05) is 16.7 Å². The number of halogens is 1. The van der Waals surface area contributed by atoms with Crippen LogP contribution in [0.4, 0.5) is 0 Å². The van der Waals surface area contributed by atoms with Crippen molar-refractivity contribution in [3.8, 4) is 5.75 Å². The largest absolute Gasteiger partial charge is 0.497 e. The SMILES string of the molecule is COc1ccc(/C=C/C(=O)NC(C)C(=O)NNC(=O)c2ccc(Cl)cc2)cc1. The van der Waals surface area contributed by atoms with Crippen molar-refractivity contribution in [3.63, 3.8) is 0 Å². The number of carbonyl (C=O) groups excluding carboxylic acids is 3. The number of hydrogen-bond donors (Lipinski definition) is 3. The number of hydrogen-bond acceptors (Lipinski definition) is 4. The van der Waals surface area contributed by atoms with Gasteiger partial charge in [0.2, 0.25) is 5.91 Å². The highest BCUT2D eigenvalue weighted by Crippen LogP contribution is 2.12. The van der Waals surface area contributed by atoms with E-state index in [2.05, 4.69) is 16.2 Å². The molecule has 0 spiro atoms. The molecule has 146 valence electrons. The highest BCUT2D eigenvalue weighted by molar-refractivity contribution is 6.30. The molecule has 0 saturated carbocycles. The maximum Gasteiger partial charge on any atom is 0.269 e. The van der Waals surface area contributed by atoms with Crippen molar-refractivity contribution in [1.82, 2.24) is 16.2 Å². The quantitative estimate of drug-likeness (QED) is 0.511. The van der Waals surface area contributed by atoms with E-state index in [1.807, 2.05) is 0 Å². The monoisotopic (exact) mass is 401 g/mol. The van der Waals surface area contributed by atoms with E-state index in [1.165, 1.54) is 25.1 Å². The number of nitrogens with one attached hydrogen (secondary N) is 3. The summed E-state index contributed by atoms with van der Waals surface area (Å²) in [6.07, 6.45) is 2.93. The smallest absolute Gasteiger partial charge is 0.269 e. The third-order valence-electron chi connectivity index (χ3n) is 3.70. The zero-order valence-corrected chi connectivity index (χ0v) is 16.1. The second-order valence-corrected chi connectivity index (χ2v) is 6.22. The van der Waals surface area contributed by atoms with Crippen molar-refractivity contribution in [2.45, 2.75) is 13.0 Å². The van der Waals surface area contributed by atoms with Gasteiger partial charge in [0.25, 0.3) is 11.8 Å². The van der Waals surface area contributed by atoms with Crippen molar-refractivity contribution >= 4 is 35.4 Å². The number of benzene rings is 2. The molecule has 0 aliphatic heterocycles. The van der Waals surface area contributed by atoms with Gasteiger partial charge in [-0.2, -0.15) is 0 Å². The molecule has 3 N–H and O–H groups in total. The Balaban J connectivity index is 1.80. The average Bonchev–Trinajstić information content (AvgIpc) is 2.71. The lowest BCUT2D eigenvalue weighted by Crippen LogP contribution is -2.50. The Bertz CT molecular complexity index is 864. The number of ether oxygens (including phenoxy) is 1. The summed E-state index contributed by atoms with van der Waals surface area (Å²) >= 11 is 5.76. The average molecular weight is 402 g/mol. The van der Waals surface area contributed by atoms with Crippen LogP contribution in [0.2, 0.25) is 5.02 Å². The lowest BCUT2D eigenvalue weighted by molar-refractivity contribution is -0.127. The fourth-order valence-electron chi connectivity index (χ4n) is 2.11. The Morgan fingerprint density at radius 1 is 1.00 bits per heavy atom. The second-order valence-electron chi connectivity index (χ2n) is 5.79. The van der Waals surface area contributed by atoms with Crippen LogP contribution in [0, 0.1) is 0 Å². The van der Waals surface area contributed by atoms with Gasteiger partial charge in [0.1, 0.15) is 11.8 Å². The van der Waals surface area contributed by atoms with E-state index in [4.69, 9.17) is 16.3 Å². The number of hydrazine groups is 1. The normalized spacial score (nSPS) is 11.5. The van der Waals surface area contributed by atoms with Crippen molar-refractivity contribution in [1.29, 1.82) is 0 Å². The summed E-state index contributed by atoms with van der Waals surface area (Å²) in [5, 5.41) is 3.01. The molecule has 28 heavy (non-hydrogen) atoms. The molecular formula is C20H20ClN3O4. The molecule has 0 fully saturated rings. The molecule has 2 aromatic carbocycles. The van der Waals surface area contributed by atoms with E-state index >= 15 is 0 Å². The molecule has 1 atom stereocenters. The molecule has 0 bridgehead atoms. The zero-order valence-electron chi connectivity index (χ0n) is 15.4. The van der Waals surface area contributed by atoms with Gasteiger partial charge in [-0.3, -0.25) is 25.2 Å². The zero-order chi connectivity index (χ0) is 20.5. The van der Waals surface area contributed by atoms with Crippen LogP contribution >= 0.6 is 11.6 Å². The number of rotatable bonds is 6. The molecule has 0 saturated heterocycles. The van der Waals surface area contributed by atoms with Crippen molar-refractivity contribution in [2.24, 2.45) is 0 Å². The minimum atomic E-state index is -0.849. The second kappa shape index (κ2) is 10.1. The summed E-state index contributed by atoms with van der Waals surface area (Å²) in [7, 11) is 1.57. The number of carbonyl (C=O) groups is 3. The summed E-state index contributed by atoms with van der Waals surface area (Å²) in [4.78, 5) is 35.9. The molecule has 0 aliphatic carbocycles. The molecule has 0 aromatic heterocycles. The van der Waals surface area contributed by atoms with E-state index in [9.17, 15) is 14.4 Å². The summed E-state index contributed by atoms with van der Waals surface area (Å²) < 4.78 is 5.06. The first-order valence-corrected chi connectivity index (χ1v) is 8.75. The summed E-state index contributed by atoms with van der Waals surface area (Å²) in [6, 6.07) is 12.5. The lowest BCUT2D eigenvalue weighted by atomic mass is 10.2. The Labute approximate surface area is 167 Å². The highest BCUT2D eigenvalue weighted by Gasteiger charge is 2.15. The van der Waals surface area contributed by atoms with Crippen LogP contribution < -0.4 is 20.9 Å². The van der Waals surface area contributed by atoms with E-state index < -0.39 is 23.8 Å². The molecule has 2 rings (SSSR count). The van der Waals surface area contributed by atoms with Crippen LogP contribution in [0.3, 0.4) is 0 Å². The van der Waals surface area contributed by atoms with Crippen LogP contribution in [0.5, 0.6) is 5.75 Å². The van der Waals surface area contributed by atoms with E-state index in [1.54, 1.807) is 49.6 Å². The maximum atomic E-state index is 12.0. The third-order valence-corrected chi connectivity index (χ3v) is 3.95. The van der Waals surface area contributed by atoms with Gasteiger partial charge in [-0.25, -0.2) is 0 Å².